The van der Waals surface area contributed by atoms with Crippen LogP contribution in [0.3, 0.4) is 0 Å². The van der Waals surface area contributed by atoms with Crippen LogP contribution in [0.15, 0.2) is 36.4 Å². The zero-order chi connectivity index (χ0) is 37.0. The molecule has 276 valence electrons. The number of piperazine rings is 1. The fourth-order valence-corrected chi connectivity index (χ4v) is 8.80. The number of benzene rings is 2. The summed E-state index contributed by atoms with van der Waals surface area (Å²) in [6.07, 6.45) is 5.47. The minimum Gasteiger partial charge on any atom is -0.497 e. The number of likely N-dealkylation sites (N-methyl/N-ethyl adjacent to an activating group) is 1. The normalized spacial score (nSPS) is 24.5. The van der Waals surface area contributed by atoms with Gasteiger partial charge in [0, 0.05) is 73.8 Å². The van der Waals surface area contributed by atoms with Crippen molar-refractivity contribution in [2.75, 3.05) is 41.3 Å². The number of nitrogens with one attached hydrogen (secondary N) is 2. The summed E-state index contributed by atoms with van der Waals surface area (Å²) in [7, 11) is 2.37. The van der Waals surface area contributed by atoms with Gasteiger partial charge in [0.05, 0.1) is 18.3 Å². The monoisotopic (exact) mass is 720 g/mol. The summed E-state index contributed by atoms with van der Waals surface area (Å²) < 4.78 is 36.2. The van der Waals surface area contributed by atoms with Gasteiger partial charge in [-0.05, 0) is 88.0 Å². The predicted octanol–water partition coefficient (Wildman–Crippen LogP) is 4.44. The summed E-state index contributed by atoms with van der Waals surface area (Å²) in [6, 6.07) is 11.6. The van der Waals surface area contributed by atoms with Crippen LogP contribution in [0, 0.1) is 0 Å². The largest absolute Gasteiger partial charge is 0.497 e. The molecule has 0 bridgehead atoms. The molecule has 3 aliphatic rings. The van der Waals surface area contributed by atoms with Crippen LogP contribution in [0.1, 0.15) is 93.1 Å². The Bertz CT molecular complexity index is 1960. The molecular formula is C38H52N6O6S. The minimum atomic E-state index is -4.02. The number of fused-ring (bicyclic) bond motifs is 5. The smallest absolute Gasteiger partial charge is 0.312 e. The molecule has 1 aromatic heterocycles. The summed E-state index contributed by atoms with van der Waals surface area (Å²) in [5.41, 5.74) is 4.23. The highest BCUT2D eigenvalue weighted by atomic mass is 32.2. The Morgan fingerprint density at radius 3 is 2.25 bits per heavy atom. The summed E-state index contributed by atoms with van der Waals surface area (Å²) in [5.74, 6) is -1.22. The number of nitrogens with zero attached hydrogens (tertiary/aromatic N) is 4. The van der Waals surface area contributed by atoms with Crippen molar-refractivity contribution in [2.24, 2.45) is 0 Å². The first-order chi connectivity index (χ1) is 24.1. The molecule has 2 aliphatic heterocycles. The molecule has 3 heterocycles. The van der Waals surface area contributed by atoms with Gasteiger partial charge in [-0.3, -0.25) is 19.3 Å². The van der Waals surface area contributed by atoms with Gasteiger partial charge in [0.25, 0.3) is 5.91 Å². The Kier molecular flexibility index (Phi) is 10.0. The zero-order valence-electron chi connectivity index (χ0n) is 31.1. The third-order valence-electron chi connectivity index (χ3n) is 11.7. The molecule has 3 aromatic rings. The second-order valence-electron chi connectivity index (χ2n) is 15.3. The van der Waals surface area contributed by atoms with Crippen molar-refractivity contribution in [3.8, 4) is 17.0 Å². The Morgan fingerprint density at radius 1 is 0.961 bits per heavy atom. The fraction of sp³-hybridized carbons (Fsp3) is 0.553. The van der Waals surface area contributed by atoms with Crippen molar-refractivity contribution < 1.29 is 27.5 Å². The van der Waals surface area contributed by atoms with Crippen molar-refractivity contribution >= 4 is 38.8 Å². The average molecular weight is 721 g/mol. The quantitative estimate of drug-likeness (QED) is 0.360. The van der Waals surface area contributed by atoms with Crippen molar-refractivity contribution in [2.45, 2.75) is 95.8 Å². The van der Waals surface area contributed by atoms with Crippen LogP contribution < -0.4 is 14.8 Å². The van der Waals surface area contributed by atoms with Gasteiger partial charge in [0.2, 0.25) is 0 Å². The molecule has 51 heavy (non-hydrogen) atoms. The van der Waals surface area contributed by atoms with Crippen molar-refractivity contribution in [3.05, 3.63) is 53.1 Å². The third kappa shape index (κ3) is 6.75. The topological polar surface area (TPSA) is 133 Å². The van der Waals surface area contributed by atoms with Crippen LogP contribution in [0.25, 0.3) is 22.2 Å². The molecule has 4 atom stereocenters. The van der Waals surface area contributed by atoms with Gasteiger partial charge in [-0.25, -0.2) is 4.72 Å². The molecule has 12 nitrogen and oxygen atoms in total. The lowest BCUT2D eigenvalue weighted by Crippen LogP contribution is -2.61. The fourth-order valence-electron chi connectivity index (χ4n) is 8.27. The lowest BCUT2D eigenvalue weighted by atomic mass is 9.78. The van der Waals surface area contributed by atoms with E-state index in [1.165, 1.54) is 26.1 Å². The number of rotatable bonds is 6. The molecule has 3 amide bonds. The van der Waals surface area contributed by atoms with E-state index < -0.39 is 33.5 Å². The first-order valence-corrected chi connectivity index (χ1v) is 19.4. The Labute approximate surface area is 301 Å². The summed E-state index contributed by atoms with van der Waals surface area (Å²) in [6.45, 7) is 9.39. The van der Waals surface area contributed by atoms with E-state index in [0.717, 1.165) is 57.7 Å². The van der Waals surface area contributed by atoms with Crippen LogP contribution in [0.4, 0.5) is 0 Å². The lowest BCUT2D eigenvalue weighted by molar-refractivity contribution is -0.149. The minimum absolute atomic E-state index is 0.114. The number of carbonyl (C=O) groups is 3. The number of amides is 3. The Morgan fingerprint density at radius 2 is 1.63 bits per heavy atom. The van der Waals surface area contributed by atoms with E-state index in [1.54, 1.807) is 24.1 Å². The number of aromatic nitrogens is 1. The molecule has 2 unspecified atom stereocenters. The van der Waals surface area contributed by atoms with Crippen molar-refractivity contribution in [1.29, 1.82) is 0 Å². The van der Waals surface area contributed by atoms with Gasteiger partial charge >= 0.3 is 22.0 Å². The molecule has 2 aromatic carbocycles. The molecule has 6 rings (SSSR count). The van der Waals surface area contributed by atoms with Crippen LogP contribution in [-0.2, 0) is 26.3 Å². The second-order valence-corrected chi connectivity index (χ2v) is 17.1. The molecule has 1 aliphatic carbocycles. The van der Waals surface area contributed by atoms with Gasteiger partial charge in [-0.1, -0.05) is 32.3 Å². The maximum absolute atomic E-state index is 14.0. The van der Waals surface area contributed by atoms with Crippen molar-refractivity contribution in [1.82, 2.24) is 28.7 Å². The highest BCUT2D eigenvalue weighted by Crippen LogP contribution is 2.50. The van der Waals surface area contributed by atoms with E-state index in [0.29, 0.717) is 25.4 Å². The van der Waals surface area contributed by atoms with Gasteiger partial charge in [-0.2, -0.15) is 12.7 Å². The molecule has 13 heteroatoms. The molecule has 1 saturated carbocycles. The first kappa shape index (κ1) is 36.8. The van der Waals surface area contributed by atoms with Crippen LogP contribution in [0.2, 0.25) is 0 Å². The third-order valence-corrected chi connectivity index (χ3v) is 13.1. The molecule has 2 fully saturated rings. The van der Waals surface area contributed by atoms with E-state index in [2.05, 4.69) is 46.3 Å². The van der Waals surface area contributed by atoms with Crippen LogP contribution in [-0.4, -0.2) is 104 Å². The highest BCUT2D eigenvalue weighted by Gasteiger charge is 2.43. The van der Waals surface area contributed by atoms with Gasteiger partial charge in [0.15, 0.2) is 0 Å². The standard InChI is InChI=1S/C38H52N6O6S/c1-23-20-43(21-24(2)42(23)7)37(47)36(46)39-38(4)22-44-32-18-27(35(45)40-51(48,49)41(5)6)14-16-30(32)33(26-12-10-9-11-13-26)34(44)29-17-15-28(50-8)19-31(29)25(38)3/h14-19,23-26H,9-13,20-22H2,1-8H3,(H,39,46)(H,40,45)/t23-,24+,25?,38?. The SMILES string of the molecule is COc1ccc2c(c1)C(C)C(C)(NC(=O)C(=O)N1C[C@@H](C)N(C)[C@@H](C)C1)Cn1c-2c(C2CCCCC2)c2ccc(C(=O)NS(=O)(=O)N(C)C)cc21. The maximum atomic E-state index is 14.0. The number of hydrogen-bond acceptors (Lipinski definition) is 7. The highest BCUT2D eigenvalue weighted by molar-refractivity contribution is 7.87. The molecule has 1 saturated heterocycles. The first-order valence-electron chi connectivity index (χ1n) is 18.0. The van der Waals surface area contributed by atoms with Gasteiger partial charge in [0.1, 0.15) is 5.75 Å². The Balaban J connectivity index is 1.51. The summed E-state index contributed by atoms with van der Waals surface area (Å²) in [5, 5.41) is 4.20. The zero-order valence-corrected chi connectivity index (χ0v) is 31.9. The molecule has 0 spiro atoms. The van der Waals surface area contributed by atoms with E-state index in [-0.39, 0.29) is 29.5 Å². The molecule has 0 radical (unpaired) electrons. The second kappa shape index (κ2) is 13.9. The van der Waals surface area contributed by atoms with Gasteiger partial charge < -0.3 is 19.5 Å². The summed E-state index contributed by atoms with van der Waals surface area (Å²) in [4.78, 5) is 45.0. The summed E-state index contributed by atoms with van der Waals surface area (Å²) >= 11 is 0. The van der Waals surface area contributed by atoms with E-state index in [9.17, 15) is 22.8 Å². The molecular weight excluding hydrogens is 669 g/mol. The van der Waals surface area contributed by atoms with Crippen LogP contribution in [0.5, 0.6) is 5.75 Å². The van der Waals surface area contributed by atoms with Crippen molar-refractivity contribution in [3.63, 3.8) is 0 Å². The Hall–Kier alpha value is -3.94. The number of ether oxygens (including phenoxy) is 1. The lowest BCUT2D eigenvalue weighted by Gasteiger charge is -2.42. The number of hydrogen-bond donors (Lipinski definition) is 2. The van der Waals surface area contributed by atoms with E-state index in [1.807, 2.05) is 32.2 Å². The van der Waals surface area contributed by atoms with Crippen LogP contribution >= 0.6 is 0 Å². The average Bonchev–Trinajstić information content (AvgIpc) is 3.37. The molecule has 2 N–H and O–H groups in total. The van der Waals surface area contributed by atoms with E-state index >= 15 is 0 Å². The maximum Gasteiger partial charge on any atom is 0.312 e. The van der Waals surface area contributed by atoms with Gasteiger partial charge in [-0.15, -0.1) is 0 Å². The number of carbonyl (C=O) groups excluding carboxylic acids is 3. The number of methoxy groups -OCH3 is 1. The predicted molar refractivity (Wildman–Crippen MR) is 198 cm³/mol. The van der Waals surface area contributed by atoms with E-state index in [4.69, 9.17) is 4.74 Å².